The number of aromatic nitrogens is 4. The van der Waals surface area contributed by atoms with E-state index in [-0.39, 0.29) is 0 Å². The molecule has 0 aliphatic rings. The molecule has 4 heteroatoms. The van der Waals surface area contributed by atoms with Crippen molar-refractivity contribution < 1.29 is 0 Å². The highest BCUT2D eigenvalue weighted by Gasteiger charge is 2.03. The van der Waals surface area contributed by atoms with Gasteiger partial charge in [0.25, 0.3) is 0 Å². The molecule has 0 amide bonds. The lowest BCUT2D eigenvalue weighted by molar-refractivity contribution is 0.595. The number of fused-ring (bicyclic) bond motifs is 1. The van der Waals surface area contributed by atoms with Crippen LogP contribution < -0.4 is 0 Å². The second-order valence-corrected chi connectivity index (χ2v) is 3.17. The van der Waals surface area contributed by atoms with Crippen molar-refractivity contribution >= 4 is 11.2 Å². The topological polar surface area (TPSA) is 43.6 Å². The zero-order valence-corrected chi connectivity index (χ0v) is 7.86. The van der Waals surface area contributed by atoms with Crippen LogP contribution in [0, 0.1) is 6.92 Å². The Hall–Kier alpha value is -1.45. The number of aryl methyl sites for hydroxylation is 2. The average molecular weight is 176 g/mol. The highest BCUT2D eigenvalue weighted by atomic mass is 15.4. The van der Waals surface area contributed by atoms with E-state index < -0.39 is 0 Å². The van der Waals surface area contributed by atoms with Crippen LogP contribution in [0.15, 0.2) is 12.3 Å². The Labute approximate surface area is 76.6 Å². The highest BCUT2D eigenvalue weighted by molar-refractivity contribution is 5.69. The molecule has 13 heavy (non-hydrogen) atoms. The molecule has 4 nitrogen and oxygen atoms in total. The van der Waals surface area contributed by atoms with Crippen molar-refractivity contribution in [1.82, 2.24) is 20.0 Å². The van der Waals surface area contributed by atoms with E-state index in [1.807, 2.05) is 17.8 Å². The maximum atomic E-state index is 4.19. The smallest absolute Gasteiger partial charge is 0.201 e. The third-order valence-corrected chi connectivity index (χ3v) is 1.94. The molecule has 0 aliphatic heterocycles. The standard InChI is InChI=1S/C9H12N4/c1-3-4-13-8-5-7(2)6-10-9(8)11-12-13/h5-6H,3-4H2,1-2H3. The van der Waals surface area contributed by atoms with Crippen LogP contribution in [0.2, 0.25) is 0 Å². The van der Waals surface area contributed by atoms with E-state index in [4.69, 9.17) is 0 Å². The number of pyridine rings is 1. The molecule has 0 aromatic carbocycles. The molecular weight excluding hydrogens is 164 g/mol. The van der Waals surface area contributed by atoms with E-state index in [2.05, 4.69) is 28.3 Å². The van der Waals surface area contributed by atoms with Crippen molar-refractivity contribution in [2.75, 3.05) is 0 Å². The maximum absolute atomic E-state index is 4.19. The van der Waals surface area contributed by atoms with Gasteiger partial charge in [-0.3, -0.25) is 0 Å². The molecular formula is C9H12N4. The Bertz CT molecular complexity index is 418. The molecule has 68 valence electrons. The molecule has 2 heterocycles. The summed E-state index contributed by atoms with van der Waals surface area (Å²) in [6, 6.07) is 2.07. The summed E-state index contributed by atoms with van der Waals surface area (Å²) in [5.41, 5.74) is 2.91. The minimum absolute atomic E-state index is 0.735. The zero-order valence-electron chi connectivity index (χ0n) is 7.86. The predicted molar refractivity (Wildman–Crippen MR) is 50.4 cm³/mol. The molecule has 0 atom stereocenters. The summed E-state index contributed by atoms with van der Waals surface area (Å²) in [5.74, 6) is 0. The molecule has 0 spiro atoms. The third kappa shape index (κ3) is 1.39. The summed E-state index contributed by atoms with van der Waals surface area (Å²) in [5, 5.41) is 8.01. The van der Waals surface area contributed by atoms with Crippen molar-refractivity contribution in [3.8, 4) is 0 Å². The molecule has 0 bridgehead atoms. The van der Waals surface area contributed by atoms with Crippen molar-refractivity contribution in [3.63, 3.8) is 0 Å². The third-order valence-electron chi connectivity index (χ3n) is 1.94. The average Bonchev–Trinajstić information content (AvgIpc) is 2.49. The Kier molecular flexibility index (Phi) is 1.96. The molecule has 2 rings (SSSR count). The predicted octanol–water partition coefficient (Wildman–Crippen LogP) is 1.54. The van der Waals surface area contributed by atoms with Gasteiger partial charge in [-0.2, -0.15) is 0 Å². The summed E-state index contributed by atoms with van der Waals surface area (Å²) < 4.78 is 1.90. The van der Waals surface area contributed by atoms with Gasteiger partial charge in [0.1, 0.15) is 5.52 Å². The van der Waals surface area contributed by atoms with Crippen LogP contribution in [0.3, 0.4) is 0 Å². The quantitative estimate of drug-likeness (QED) is 0.697. The van der Waals surface area contributed by atoms with Gasteiger partial charge in [0.2, 0.25) is 5.65 Å². The van der Waals surface area contributed by atoms with Gasteiger partial charge in [-0.25, -0.2) is 9.67 Å². The van der Waals surface area contributed by atoms with Crippen molar-refractivity contribution in [2.24, 2.45) is 0 Å². The number of hydrogen-bond acceptors (Lipinski definition) is 3. The fourth-order valence-corrected chi connectivity index (χ4v) is 1.34. The van der Waals surface area contributed by atoms with Gasteiger partial charge in [-0.1, -0.05) is 12.1 Å². The largest absolute Gasteiger partial charge is 0.243 e. The molecule has 0 radical (unpaired) electrons. The summed E-state index contributed by atoms with van der Waals surface area (Å²) in [4.78, 5) is 4.19. The Morgan fingerprint density at radius 3 is 3.08 bits per heavy atom. The van der Waals surface area contributed by atoms with Gasteiger partial charge in [0.05, 0.1) is 0 Å². The van der Waals surface area contributed by atoms with E-state index in [9.17, 15) is 0 Å². The lowest BCUT2D eigenvalue weighted by atomic mass is 10.3. The Morgan fingerprint density at radius 1 is 1.46 bits per heavy atom. The normalized spacial score (nSPS) is 10.9. The van der Waals surface area contributed by atoms with E-state index in [0.717, 1.165) is 29.7 Å². The molecule has 0 aliphatic carbocycles. The summed E-state index contributed by atoms with van der Waals surface area (Å²) in [6.45, 7) is 5.05. The summed E-state index contributed by atoms with van der Waals surface area (Å²) >= 11 is 0. The molecule has 0 saturated carbocycles. The van der Waals surface area contributed by atoms with Gasteiger partial charge in [-0.15, -0.1) is 5.10 Å². The fraction of sp³-hybridized carbons (Fsp3) is 0.444. The van der Waals surface area contributed by atoms with Crippen molar-refractivity contribution in [2.45, 2.75) is 26.8 Å². The first kappa shape index (κ1) is 8.16. The maximum Gasteiger partial charge on any atom is 0.201 e. The fourth-order valence-electron chi connectivity index (χ4n) is 1.34. The second kappa shape index (κ2) is 3.12. The van der Waals surface area contributed by atoms with Crippen LogP contribution in [0.5, 0.6) is 0 Å². The minimum Gasteiger partial charge on any atom is -0.243 e. The van der Waals surface area contributed by atoms with Gasteiger partial charge in [0, 0.05) is 12.7 Å². The first-order valence-corrected chi connectivity index (χ1v) is 4.47. The number of nitrogens with zero attached hydrogens (tertiary/aromatic N) is 4. The molecule has 0 saturated heterocycles. The summed E-state index contributed by atoms with van der Waals surface area (Å²) in [7, 11) is 0. The molecule has 2 aromatic heterocycles. The first-order chi connectivity index (χ1) is 6.31. The van der Waals surface area contributed by atoms with E-state index in [1.165, 1.54) is 0 Å². The van der Waals surface area contributed by atoms with E-state index in [1.54, 1.807) is 0 Å². The second-order valence-electron chi connectivity index (χ2n) is 3.17. The number of rotatable bonds is 2. The zero-order chi connectivity index (χ0) is 9.26. The van der Waals surface area contributed by atoms with Crippen LogP contribution in [0.25, 0.3) is 11.2 Å². The minimum atomic E-state index is 0.735. The molecule has 0 unspecified atom stereocenters. The molecule has 2 aromatic rings. The van der Waals surface area contributed by atoms with E-state index >= 15 is 0 Å². The highest BCUT2D eigenvalue weighted by Crippen LogP contribution is 2.09. The van der Waals surface area contributed by atoms with Gasteiger partial charge < -0.3 is 0 Å². The molecule has 0 fully saturated rings. The SMILES string of the molecule is CCCn1nnc2ncc(C)cc21. The van der Waals surface area contributed by atoms with Gasteiger partial charge in [0.15, 0.2) is 0 Å². The Balaban J connectivity index is 2.58. The van der Waals surface area contributed by atoms with Crippen LogP contribution >= 0.6 is 0 Å². The van der Waals surface area contributed by atoms with Crippen LogP contribution in [-0.4, -0.2) is 20.0 Å². The van der Waals surface area contributed by atoms with Crippen molar-refractivity contribution in [3.05, 3.63) is 17.8 Å². The first-order valence-electron chi connectivity index (χ1n) is 4.47. The van der Waals surface area contributed by atoms with Crippen LogP contribution in [0.4, 0.5) is 0 Å². The van der Waals surface area contributed by atoms with Gasteiger partial charge in [-0.05, 0) is 25.0 Å². The van der Waals surface area contributed by atoms with Crippen molar-refractivity contribution in [1.29, 1.82) is 0 Å². The number of hydrogen-bond donors (Lipinski definition) is 0. The van der Waals surface area contributed by atoms with Crippen LogP contribution in [-0.2, 0) is 6.54 Å². The van der Waals surface area contributed by atoms with Gasteiger partial charge >= 0.3 is 0 Å². The Morgan fingerprint density at radius 2 is 2.31 bits per heavy atom. The monoisotopic (exact) mass is 176 g/mol. The lowest BCUT2D eigenvalue weighted by Gasteiger charge is -1.98. The lowest BCUT2D eigenvalue weighted by Crippen LogP contribution is -1.98. The van der Waals surface area contributed by atoms with Crippen LogP contribution in [0.1, 0.15) is 18.9 Å². The summed E-state index contributed by atoms with van der Waals surface area (Å²) in [6.07, 6.45) is 2.87. The molecule has 0 N–H and O–H groups in total. The van der Waals surface area contributed by atoms with E-state index in [0.29, 0.717) is 0 Å².